The van der Waals surface area contributed by atoms with Crippen molar-refractivity contribution >= 4 is 22.5 Å². The zero-order valence-electron chi connectivity index (χ0n) is 19.2. The van der Waals surface area contributed by atoms with Crippen molar-refractivity contribution in [1.29, 1.82) is 5.26 Å². The Kier molecular flexibility index (Phi) is 5.49. The second kappa shape index (κ2) is 8.80. The van der Waals surface area contributed by atoms with Crippen molar-refractivity contribution in [2.45, 2.75) is 38.3 Å². The molecule has 2 unspecified atom stereocenters. The first-order chi connectivity index (χ1) is 16.7. The molecule has 0 bridgehead atoms. The number of hydrogen-bond donors (Lipinski definition) is 2. The van der Waals surface area contributed by atoms with Crippen LogP contribution >= 0.6 is 0 Å². The van der Waals surface area contributed by atoms with Crippen LogP contribution < -0.4 is 20.4 Å². The van der Waals surface area contributed by atoms with Crippen molar-refractivity contribution in [2.24, 2.45) is 0 Å². The van der Waals surface area contributed by atoms with Crippen molar-refractivity contribution < 1.29 is 4.74 Å². The Hall–Kier alpha value is -3.32. The van der Waals surface area contributed by atoms with Gasteiger partial charge in [0.1, 0.15) is 6.07 Å². The summed E-state index contributed by atoms with van der Waals surface area (Å²) in [6.07, 6.45) is 3.90. The number of pyridine rings is 1. The molecule has 0 amide bonds. The van der Waals surface area contributed by atoms with Crippen molar-refractivity contribution in [3.05, 3.63) is 53.5 Å². The fraction of sp³-hybridized carbons (Fsp3) is 0.440. The van der Waals surface area contributed by atoms with Crippen LogP contribution in [0.25, 0.3) is 10.9 Å². The summed E-state index contributed by atoms with van der Waals surface area (Å²) in [5.74, 6) is 0.829. The molecule has 5 heterocycles. The fourth-order valence-electron chi connectivity index (χ4n) is 5.15. The Balaban J connectivity index is 1.08. The van der Waals surface area contributed by atoms with Crippen molar-refractivity contribution in [3.8, 4) is 6.07 Å². The van der Waals surface area contributed by atoms with Crippen LogP contribution in [0.1, 0.15) is 23.7 Å². The molecule has 2 aromatic heterocycles. The number of aromatic nitrogens is 3. The Bertz CT molecular complexity index is 1250. The zero-order valence-corrected chi connectivity index (χ0v) is 19.2. The molecule has 34 heavy (non-hydrogen) atoms. The van der Waals surface area contributed by atoms with Gasteiger partial charge in [-0.3, -0.25) is 4.98 Å². The Morgan fingerprint density at radius 3 is 2.94 bits per heavy atom. The molecule has 2 saturated heterocycles. The van der Waals surface area contributed by atoms with Crippen LogP contribution in [-0.2, 0) is 17.8 Å². The minimum atomic E-state index is 0.0856. The fourth-order valence-corrected chi connectivity index (χ4v) is 5.15. The van der Waals surface area contributed by atoms with Gasteiger partial charge in [-0.2, -0.15) is 5.26 Å². The molecule has 3 aliphatic rings. The predicted octanol–water partition coefficient (Wildman–Crippen LogP) is 1.57. The van der Waals surface area contributed by atoms with Gasteiger partial charge in [-0.15, -0.1) is 0 Å². The summed E-state index contributed by atoms with van der Waals surface area (Å²) in [5, 5.41) is 17.5. The SMILES string of the molecule is CC1CN(c2ccc(C#N)c3ncccc23)CC(CNC2CN(c3ncc4c(n3)CNC4)C2)O1. The van der Waals surface area contributed by atoms with E-state index in [1.807, 2.05) is 30.5 Å². The van der Waals surface area contributed by atoms with Gasteiger partial charge in [0, 0.05) is 80.9 Å². The lowest BCUT2D eigenvalue weighted by Gasteiger charge is -2.42. The van der Waals surface area contributed by atoms with E-state index in [1.165, 1.54) is 5.56 Å². The monoisotopic (exact) mass is 456 g/mol. The summed E-state index contributed by atoms with van der Waals surface area (Å²) in [5.41, 5.74) is 4.81. The predicted molar refractivity (Wildman–Crippen MR) is 130 cm³/mol. The number of anilines is 2. The third kappa shape index (κ3) is 3.94. The van der Waals surface area contributed by atoms with E-state index in [2.05, 4.69) is 43.4 Å². The summed E-state index contributed by atoms with van der Waals surface area (Å²) < 4.78 is 6.26. The van der Waals surface area contributed by atoms with E-state index in [9.17, 15) is 5.26 Å². The van der Waals surface area contributed by atoms with E-state index >= 15 is 0 Å². The highest BCUT2D eigenvalue weighted by molar-refractivity contribution is 5.95. The molecule has 0 radical (unpaired) electrons. The van der Waals surface area contributed by atoms with Crippen LogP contribution in [0.4, 0.5) is 11.6 Å². The second-order valence-corrected chi connectivity index (χ2v) is 9.37. The van der Waals surface area contributed by atoms with E-state index < -0.39 is 0 Å². The van der Waals surface area contributed by atoms with E-state index in [1.54, 1.807) is 6.20 Å². The number of nitrogens with zero attached hydrogens (tertiary/aromatic N) is 6. The van der Waals surface area contributed by atoms with Gasteiger partial charge in [-0.1, -0.05) is 0 Å². The third-order valence-corrected chi connectivity index (χ3v) is 6.88. The van der Waals surface area contributed by atoms with Crippen LogP contribution in [0.15, 0.2) is 36.7 Å². The normalized spacial score (nSPS) is 22.5. The highest BCUT2D eigenvalue weighted by Crippen LogP contribution is 2.30. The molecule has 1 aromatic carbocycles. The lowest BCUT2D eigenvalue weighted by Crippen LogP contribution is -2.61. The van der Waals surface area contributed by atoms with E-state index in [0.717, 1.165) is 74.0 Å². The lowest BCUT2D eigenvalue weighted by atomic mass is 10.1. The van der Waals surface area contributed by atoms with Gasteiger partial charge in [0.15, 0.2) is 0 Å². The highest BCUT2D eigenvalue weighted by Gasteiger charge is 2.32. The standard InChI is InChI=1S/C25H28N8O/c1-16-12-32(23-5-4-17(7-26)24-21(23)3-2-6-28-24)15-20(34-16)10-29-19-13-33(14-19)25-30-9-18-8-27-11-22(18)31-25/h2-6,9,16,19-20,27,29H,8,10-15H2,1H3. The molecule has 2 atom stereocenters. The maximum absolute atomic E-state index is 9.46. The van der Waals surface area contributed by atoms with Gasteiger partial charge >= 0.3 is 0 Å². The summed E-state index contributed by atoms with van der Waals surface area (Å²) in [6.45, 7) is 8.03. The van der Waals surface area contributed by atoms with Gasteiger partial charge in [0.25, 0.3) is 0 Å². The molecular formula is C25H28N8O. The molecule has 2 N–H and O–H groups in total. The van der Waals surface area contributed by atoms with Crippen LogP contribution in [0, 0.1) is 11.3 Å². The number of ether oxygens (including phenoxy) is 1. The maximum Gasteiger partial charge on any atom is 0.225 e. The molecule has 6 rings (SSSR count). The topological polar surface area (TPSA) is 102 Å². The van der Waals surface area contributed by atoms with Crippen LogP contribution in [0.3, 0.4) is 0 Å². The number of morpholine rings is 1. The molecular weight excluding hydrogens is 428 g/mol. The minimum Gasteiger partial charge on any atom is -0.370 e. The molecule has 2 fully saturated rings. The Morgan fingerprint density at radius 1 is 1.15 bits per heavy atom. The molecule has 174 valence electrons. The maximum atomic E-state index is 9.46. The average Bonchev–Trinajstić information content (AvgIpc) is 3.30. The lowest BCUT2D eigenvalue weighted by molar-refractivity contribution is -0.0161. The van der Waals surface area contributed by atoms with Crippen molar-refractivity contribution in [1.82, 2.24) is 25.6 Å². The highest BCUT2D eigenvalue weighted by atomic mass is 16.5. The van der Waals surface area contributed by atoms with Gasteiger partial charge in [-0.25, -0.2) is 9.97 Å². The Morgan fingerprint density at radius 2 is 2.06 bits per heavy atom. The number of hydrogen-bond acceptors (Lipinski definition) is 9. The molecule has 0 saturated carbocycles. The zero-order chi connectivity index (χ0) is 23.1. The van der Waals surface area contributed by atoms with E-state index in [0.29, 0.717) is 11.6 Å². The van der Waals surface area contributed by atoms with Crippen LogP contribution in [0.2, 0.25) is 0 Å². The van der Waals surface area contributed by atoms with Gasteiger partial charge in [0.2, 0.25) is 5.95 Å². The van der Waals surface area contributed by atoms with E-state index in [-0.39, 0.29) is 12.2 Å². The summed E-state index contributed by atoms with van der Waals surface area (Å²) in [6, 6.07) is 10.6. The minimum absolute atomic E-state index is 0.0856. The molecule has 0 aliphatic carbocycles. The molecule has 9 heteroatoms. The first-order valence-electron chi connectivity index (χ1n) is 11.9. The Labute approximate surface area is 198 Å². The summed E-state index contributed by atoms with van der Waals surface area (Å²) >= 11 is 0. The summed E-state index contributed by atoms with van der Waals surface area (Å²) in [7, 11) is 0. The molecule has 3 aromatic rings. The van der Waals surface area contributed by atoms with Crippen LogP contribution in [0.5, 0.6) is 0 Å². The third-order valence-electron chi connectivity index (χ3n) is 6.88. The first kappa shape index (κ1) is 21.2. The number of rotatable bonds is 5. The number of fused-ring (bicyclic) bond motifs is 2. The molecule has 3 aliphatic heterocycles. The number of benzene rings is 1. The second-order valence-electron chi connectivity index (χ2n) is 9.37. The largest absolute Gasteiger partial charge is 0.370 e. The average molecular weight is 457 g/mol. The van der Waals surface area contributed by atoms with Crippen molar-refractivity contribution in [3.63, 3.8) is 0 Å². The van der Waals surface area contributed by atoms with E-state index in [4.69, 9.17) is 9.72 Å². The van der Waals surface area contributed by atoms with Crippen LogP contribution in [-0.4, -0.2) is 65.9 Å². The first-order valence-corrected chi connectivity index (χ1v) is 11.9. The van der Waals surface area contributed by atoms with Crippen molar-refractivity contribution in [2.75, 3.05) is 42.5 Å². The number of nitrogens with one attached hydrogen (secondary N) is 2. The molecule has 9 nitrogen and oxygen atoms in total. The quantitative estimate of drug-likeness (QED) is 0.592. The van der Waals surface area contributed by atoms with Gasteiger partial charge in [0.05, 0.1) is 29.0 Å². The van der Waals surface area contributed by atoms with Gasteiger partial charge in [-0.05, 0) is 31.2 Å². The van der Waals surface area contributed by atoms with Gasteiger partial charge < -0.3 is 25.2 Å². The summed E-state index contributed by atoms with van der Waals surface area (Å²) in [4.78, 5) is 18.3. The molecule has 0 spiro atoms. The smallest absolute Gasteiger partial charge is 0.225 e. The number of nitriles is 1.